The van der Waals surface area contributed by atoms with E-state index in [2.05, 4.69) is 10.2 Å². The lowest BCUT2D eigenvalue weighted by atomic mass is 10.1. The average Bonchev–Trinajstić information content (AvgIpc) is 2.94. The summed E-state index contributed by atoms with van der Waals surface area (Å²) in [5.74, 6) is 0. The van der Waals surface area contributed by atoms with Crippen molar-refractivity contribution in [3.05, 3.63) is 70.9 Å². The van der Waals surface area contributed by atoms with Crippen LogP contribution < -0.4 is 5.56 Å². The molecule has 94 valence electrons. The van der Waals surface area contributed by atoms with Crippen molar-refractivity contribution in [3.63, 3.8) is 0 Å². The third-order valence-corrected chi connectivity index (χ3v) is 3.10. The number of H-pyrrole nitrogens is 1. The van der Waals surface area contributed by atoms with Crippen molar-refractivity contribution >= 4 is 0 Å². The summed E-state index contributed by atoms with van der Waals surface area (Å²) in [5, 5.41) is 6.74. The van der Waals surface area contributed by atoms with Gasteiger partial charge in [0.1, 0.15) is 0 Å². The van der Waals surface area contributed by atoms with Crippen LogP contribution in [0.3, 0.4) is 0 Å². The Hall–Kier alpha value is -2.62. The minimum absolute atomic E-state index is 0.0315. The van der Waals surface area contributed by atoms with Gasteiger partial charge in [-0.25, -0.2) is 0 Å². The SMILES string of the molecule is Cc1cc(=O)n(-c2ccccc2)cc1-c1cn[nH]c1. The fraction of sp³-hybridized carbons (Fsp3) is 0.0667. The summed E-state index contributed by atoms with van der Waals surface area (Å²) in [6, 6.07) is 11.2. The number of aromatic amines is 1. The maximum absolute atomic E-state index is 12.1. The van der Waals surface area contributed by atoms with Crippen LogP contribution in [0.25, 0.3) is 16.8 Å². The van der Waals surface area contributed by atoms with Gasteiger partial charge in [0.05, 0.1) is 6.20 Å². The zero-order chi connectivity index (χ0) is 13.2. The molecule has 4 nitrogen and oxygen atoms in total. The van der Waals surface area contributed by atoms with Gasteiger partial charge in [-0.2, -0.15) is 5.10 Å². The normalized spacial score (nSPS) is 10.6. The maximum atomic E-state index is 12.1. The van der Waals surface area contributed by atoms with Gasteiger partial charge in [-0.1, -0.05) is 18.2 Å². The van der Waals surface area contributed by atoms with Crippen LogP contribution in [0.5, 0.6) is 0 Å². The number of benzene rings is 1. The molecule has 1 aromatic carbocycles. The Kier molecular flexibility index (Phi) is 2.76. The predicted molar refractivity (Wildman–Crippen MR) is 74.4 cm³/mol. The Morgan fingerprint density at radius 3 is 2.68 bits per heavy atom. The molecule has 0 fully saturated rings. The van der Waals surface area contributed by atoms with Gasteiger partial charge in [0.15, 0.2) is 0 Å². The summed E-state index contributed by atoms with van der Waals surface area (Å²) in [5.41, 5.74) is 3.74. The van der Waals surface area contributed by atoms with Gasteiger partial charge in [-0.15, -0.1) is 0 Å². The second-order valence-corrected chi connectivity index (χ2v) is 4.40. The Balaban J connectivity index is 2.22. The second-order valence-electron chi connectivity index (χ2n) is 4.40. The van der Waals surface area contributed by atoms with Crippen molar-refractivity contribution in [2.24, 2.45) is 0 Å². The van der Waals surface area contributed by atoms with Gasteiger partial charge < -0.3 is 0 Å². The first kappa shape index (κ1) is 11.5. The average molecular weight is 251 g/mol. The molecule has 0 spiro atoms. The Bertz CT molecular complexity index is 743. The number of pyridine rings is 1. The van der Waals surface area contributed by atoms with E-state index in [9.17, 15) is 4.79 Å². The number of nitrogens with zero attached hydrogens (tertiary/aromatic N) is 2. The van der Waals surface area contributed by atoms with Crippen LogP contribution in [0, 0.1) is 6.92 Å². The van der Waals surface area contributed by atoms with Crippen LogP contribution in [-0.4, -0.2) is 14.8 Å². The van der Waals surface area contributed by atoms with Crippen LogP contribution in [-0.2, 0) is 0 Å². The number of rotatable bonds is 2. The minimum Gasteiger partial charge on any atom is -0.285 e. The lowest BCUT2D eigenvalue weighted by Gasteiger charge is -2.09. The summed E-state index contributed by atoms with van der Waals surface area (Å²) in [7, 11) is 0. The van der Waals surface area contributed by atoms with Gasteiger partial charge in [0.2, 0.25) is 0 Å². The monoisotopic (exact) mass is 251 g/mol. The van der Waals surface area contributed by atoms with Gasteiger partial charge in [0, 0.05) is 35.3 Å². The van der Waals surface area contributed by atoms with E-state index in [4.69, 9.17) is 0 Å². The molecule has 2 aromatic heterocycles. The molecule has 0 atom stereocenters. The highest BCUT2D eigenvalue weighted by Gasteiger charge is 2.07. The van der Waals surface area contributed by atoms with Gasteiger partial charge in [0.25, 0.3) is 5.56 Å². The van der Waals surface area contributed by atoms with E-state index in [1.165, 1.54) is 0 Å². The molecule has 3 aromatic rings. The fourth-order valence-electron chi connectivity index (χ4n) is 2.12. The second kappa shape index (κ2) is 4.57. The minimum atomic E-state index is -0.0315. The first-order valence-electron chi connectivity index (χ1n) is 6.03. The Morgan fingerprint density at radius 1 is 1.21 bits per heavy atom. The van der Waals surface area contributed by atoms with Crippen molar-refractivity contribution < 1.29 is 0 Å². The number of nitrogens with one attached hydrogen (secondary N) is 1. The summed E-state index contributed by atoms with van der Waals surface area (Å²) < 4.78 is 1.65. The van der Waals surface area contributed by atoms with Crippen molar-refractivity contribution in [1.29, 1.82) is 0 Å². The van der Waals surface area contributed by atoms with E-state index >= 15 is 0 Å². The zero-order valence-electron chi connectivity index (χ0n) is 10.5. The highest BCUT2D eigenvalue weighted by Crippen LogP contribution is 2.21. The van der Waals surface area contributed by atoms with Crippen LogP contribution in [0.1, 0.15) is 5.56 Å². The van der Waals surface area contributed by atoms with E-state index in [1.54, 1.807) is 16.8 Å². The number of hydrogen-bond donors (Lipinski definition) is 1. The smallest absolute Gasteiger partial charge is 0.255 e. The van der Waals surface area contributed by atoms with Crippen LogP contribution in [0.4, 0.5) is 0 Å². The van der Waals surface area contributed by atoms with E-state index in [0.29, 0.717) is 0 Å². The van der Waals surface area contributed by atoms with Crippen molar-refractivity contribution in [1.82, 2.24) is 14.8 Å². The van der Waals surface area contributed by atoms with E-state index in [0.717, 1.165) is 22.4 Å². The fourth-order valence-corrected chi connectivity index (χ4v) is 2.12. The lowest BCUT2D eigenvalue weighted by Crippen LogP contribution is -2.17. The van der Waals surface area contributed by atoms with E-state index in [-0.39, 0.29) is 5.56 Å². The molecule has 0 bridgehead atoms. The number of aryl methyl sites for hydroxylation is 1. The van der Waals surface area contributed by atoms with Crippen LogP contribution in [0.15, 0.2) is 59.8 Å². The molecule has 0 aliphatic carbocycles. The van der Waals surface area contributed by atoms with Gasteiger partial charge in [-0.05, 0) is 24.6 Å². The topological polar surface area (TPSA) is 50.7 Å². The molecule has 0 radical (unpaired) electrons. The number of aromatic nitrogens is 3. The summed E-state index contributed by atoms with van der Waals surface area (Å²) in [6.07, 6.45) is 5.43. The zero-order valence-corrected chi connectivity index (χ0v) is 10.5. The first-order chi connectivity index (χ1) is 9.25. The van der Waals surface area contributed by atoms with Gasteiger partial charge >= 0.3 is 0 Å². The van der Waals surface area contributed by atoms with Crippen LogP contribution in [0.2, 0.25) is 0 Å². The highest BCUT2D eigenvalue weighted by atomic mass is 16.1. The third-order valence-electron chi connectivity index (χ3n) is 3.10. The standard InChI is InChI=1S/C15H13N3O/c1-11-7-15(19)18(13-5-3-2-4-6-13)10-14(11)12-8-16-17-9-12/h2-10H,1H3,(H,16,17). The third kappa shape index (κ3) is 2.08. The Labute approximate surface area is 110 Å². The maximum Gasteiger partial charge on any atom is 0.255 e. The van der Waals surface area contributed by atoms with Crippen molar-refractivity contribution in [2.45, 2.75) is 6.92 Å². The van der Waals surface area contributed by atoms with Gasteiger partial charge in [-0.3, -0.25) is 14.5 Å². The highest BCUT2D eigenvalue weighted by molar-refractivity contribution is 5.65. The molecule has 3 rings (SSSR count). The van der Waals surface area contributed by atoms with Crippen LogP contribution >= 0.6 is 0 Å². The molecule has 0 amide bonds. The molecule has 2 heterocycles. The molecular weight excluding hydrogens is 238 g/mol. The molecular formula is C15H13N3O. The van der Waals surface area contributed by atoms with E-state index in [1.807, 2.05) is 49.6 Å². The largest absolute Gasteiger partial charge is 0.285 e. The summed E-state index contributed by atoms with van der Waals surface area (Å²) in [4.78, 5) is 12.1. The lowest BCUT2D eigenvalue weighted by molar-refractivity contribution is 0.985. The molecule has 0 saturated carbocycles. The molecule has 1 N–H and O–H groups in total. The molecule has 0 aliphatic heterocycles. The van der Waals surface area contributed by atoms with Crippen molar-refractivity contribution in [2.75, 3.05) is 0 Å². The van der Waals surface area contributed by atoms with E-state index < -0.39 is 0 Å². The Morgan fingerprint density at radius 2 is 2.00 bits per heavy atom. The van der Waals surface area contributed by atoms with Crippen molar-refractivity contribution in [3.8, 4) is 16.8 Å². The molecule has 4 heteroatoms. The number of hydrogen-bond acceptors (Lipinski definition) is 2. The number of para-hydroxylation sites is 1. The quantitative estimate of drug-likeness (QED) is 0.761. The molecule has 0 saturated heterocycles. The summed E-state index contributed by atoms with van der Waals surface area (Å²) in [6.45, 7) is 1.93. The first-order valence-corrected chi connectivity index (χ1v) is 6.03. The predicted octanol–water partition coefficient (Wildman–Crippen LogP) is 2.54. The molecule has 0 unspecified atom stereocenters. The molecule has 19 heavy (non-hydrogen) atoms. The summed E-state index contributed by atoms with van der Waals surface area (Å²) >= 11 is 0. The molecule has 0 aliphatic rings.